The summed E-state index contributed by atoms with van der Waals surface area (Å²) in [6, 6.07) is 13.4. The molecule has 0 bridgehead atoms. The van der Waals surface area contributed by atoms with Crippen LogP contribution >= 0.6 is 11.8 Å². The number of rotatable bonds is 4. The molecule has 1 fully saturated rings. The average Bonchev–Trinajstić information content (AvgIpc) is 3.25. The minimum atomic E-state index is -0.308. The molecule has 150 valence electrons. The van der Waals surface area contributed by atoms with Crippen molar-refractivity contribution in [1.82, 2.24) is 14.5 Å². The normalized spacial score (nSPS) is 15.1. The third-order valence-corrected chi connectivity index (χ3v) is 6.44. The van der Waals surface area contributed by atoms with Crippen molar-refractivity contribution in [2.45, 2.75) is 44.0 Å². The van der Waals surface area contributed by atoms with Crippen molar-refractivity contribution in [2.75, 3.05) is 13.1 Å². The number of thioether (sulfide) groups is 1. The standard InChI is InChI=1S/C23H25N3O2S/c1-15-10-11-16(2)20(14-15)26-22(28)18-8-4-5-9-19(18)24-23(26)29-17(3)21(27)25-12-6-7-13-25/h4-5,8-11,14,17H,6-7,12-13H2,1-3H3/t17-/m1/s1. The van der Waals surface area contributed by atoms with Gasteiger partial charge in [0.15, 0.2) is 5.16 Å². The summed E-state index contributed by atoms with van der Waals surface area (Å²) in [7, 11) is 0. The summed E-state index contributed by atoms with van der Waals surface area (Å²) >= 11 is 1.36. The Morgan fingerprint density at radius 2 is 1.83 bits per heavy atom. The highest BCUT2D eigenvalue weighted by Crippen LogP contribution is 2.28. The number of hydrogen-bond donors (Lipinski definition) is 0. The van der Waals surface area contributed by atoms with Crippen molar-refractivity contribution in [3.63, 3.8) is 0 Å². The molecule has 1 amide bonds. The molecule has 0 spiro atoms. The fourth-order valence-electron chi connectivity index (χ4n) is 3.77. The lowest BCUT2D eigenvalue weighted by molar-refractivity contribution is -0.129. The number of aromatic nitrogens is 2. The van der Waals surface area contributed by atoms with E-state index in [0.717, 1.165) is 42.7 Å². The van der Waals surface area contributed by atoms with Gasteiger partial charge in [-0.15, -0.1) is 0 Å². The number of aryl methyl sites for hydroxylation is 2. The number of hydrogen-bond acceptors (Lipinski definition) is 4. The molecule has 2 heterocycles. The van der Waals surface area contributed by atoms with Gasteiger partial charge in [-0.2, -0.15) is 0 Å². The Kier molecular flexibility index (Phi) is 5.46. The van der Waals surface area contributed by atoms with Crippen LogP contribution in [0, 0.1) is 13.8 Å². The van der Waals surface area contributed by atoms with E-state index in [2.05, 4.69) is 0 Å². The third kappa shape index (κ3) is 3.81. The van der Waals surface area contributed by atoms with Gasteiger partial charge in [0.05, 0.1) is 21.8 Å². The number of amides is 1. The minimum Gasteiger partial charge on any atom is -0.342 e. The lowest BCUT2D eigenvalue weighted by Crippen LogP contribution is -2.34. The van der Waals surface area contributed by atoms with Gasteiger partial charge >= 0.3 is 0 Å². The van der Waals surface area contributed by atoms with E-state index in [-0.39, 0.29) is 16.7 Å². The van der Waals surface area contributed by atoms with Crippen LogP contribution in [0.1, 0.15) is 30.9 Å². The van der Waals surface area contributed by atoms with Crippen molar-refractivity contribution in [3.05, 3.63) is 63.9 Å². The highest BCUT2D eigenvalue weighted by atomic mass is 32.2. The topological polar surface area (TPSA) is 55.2 Å². The number of para-hydroxylation sites is 1. The van der Waals surface area contributed by atoms with Gasteiger partial charge < -0.3 is 4.90 Å². The second kappa shape index (κ2) is 8.03. The molecule has 29 heavy (non-hydrogen) atoms. The van der Waals surface area contributed by atoms with Crippen LogP contribution in [0.5, 0.6) is 0 Å². The van der Waals surface area contributed by atoms with Gasteiger partial charge in [-0.3, -0.25) is 14.2 Å². The molecule has 3 aromatic rings. The third-order valence-electron chi connectivity index (χ3n) is 5.40. The lowest BCUT2D eigenvalue weighted by Gasteiger charge is -2.21. The number of nitrogens with zero attached hydrogens (tertiary/aromatic N) is 3. The van der Waals surface area contributed by atoms with Crippen LogP contribution in [0.3, 0.4) is 0 Å². The molecule has 5 nitrogen and oxygen atoms in total. The molecule has 0 unspecified atom stereocenters. The first-order valence-electron chi connectivity index (χ1n) is 10.0. The molecule has 1 atom stereocenters. The van der Waals surface area contributed by atoms with Gasteiger partial charge in [-0.05, 0) is 62.9 Å². The van der Waals surface area contributed by atoms with Gasteiger partial charge in [-0.1, -0.05) is 36.0 Å². The smallest absolute Gasteiger partial charge is 0.266 e. The molecule has 4 rings (SSSR count). The Morgan fingerprint density at radius 1 is 1.10 bits per heavy atom. The summed E-state index contributed by atoms with van der Waals surface area (Å²) in [5, 5.41) is 0.830. The predicted octanol–water partition coefficient (Wildman–Crippen LogP) is 4.11. The van der Waals surface area contributed by atoms with Crippen LogP contribution in [0.25, 0.3) is 16.6 Å². The van der Waals surface area contributed by atoms with Crippen molar-refractivity contribution < 1.29 is 4.79 Å². The van der Waals surface area contributed by atoms with E-state index >= 15 is 0 Å². The van der Waals surface area contributed by atoms with Crippen LogP contribution < -0.4 is 5.56 Å². The zero-order valence-corrected chi connectivity index (χ0v) is 17.8. The Hall–Kier alpha value is -2.60. The summed E-state index contributed by atoms with van der Waals surface area (Å²) in [5.41, 5.74) is 3.43. The molecule has 2 aromatic carbocycles. The molecular weight excluding hydrogens is 382 g/mol. The van der Waals surface area contributed by atoms with E-state index < -0.39 is 0 Å². The van der Waals surface area contributed by atoms with E-state index in [0.29, 0.717) is 16.1 Å². The van der Waals surface area contributed by atoms with Gasteiger partial charge in [-0.25, -0.2) is 4.98 Å². The van der Waals surface area contributed by atoms with E-state index in [9.17, 15) is 9.59 Å². The molecule has 0 radical (unpaired) electrons. The number of likely N-dealkylation sites (tertiary alicyclic amines) is 1. The number of fused-ring (bicyclic) bond motifs is 1. The highest BCUT2D eigenvalue weighted by Gasteiger charge is 2.26. The molecule has 0 saturated carbocycles. The Morgan fingerprint density at radius 3 is 2.59 bits per heavy atom. The van der Waals surface area contributed by atoms with Gasteiger partial charge in [0.1, 0.15) is 0 Å². The second-order valence-electron chi connectivity index (χ2n) is 7.63. The van der Waals surface area contributed by atoms with E-state index in [1.807, 2.05) is 62.1 Å². The molecule has 0 aliphatic carbocycles. The SMILES string of the molecule is Cc1ccc(C)c(-n2c(S[C@H](C)C(=O)N3CCCC3)nc3ccccc3c2=O)c1. The Bertz CT molecular complexity index is 1130. The van der Waals surface area contributed by atoms with E-state index in [1.54, 1.807) is 10.6 Å². The fourth-order valence-corrected chi connectivity index (χ4v) is 4.77. The number of carbonyl (C=O) groups is 1. The maximum absolute atomic E-state index is 13.4. The van der Waals surface area contributed by atoms with Crippen molar-refractivity contribution >= 4 is 28.6 Å². The van der Waals surface area contributed by atoms with Crippen LogP contribution in [-0.4, -0.2) is 38.7 Å². The fraction of sp³-hybridized carbons (Fsp3) is 0.348. The zero-order chi connectivity index (χ0) is 20.5. The highest BCUT2D eigenvalue weighted by molar-refractivity contribution is 8.00. The zero-order valence-electron chi connectivity index (χ0n) is 17.0. The lowest BCUT2D eigenvalue weighted by atomic mass is 10.1. The predicted molar refractivity (Wildman–Crippen MR) is 118 cm³/mol. The van der Waals surface area contributed by atoms with Gasteiger partial charge in [0, 0.05) is 13.1 Å². The van der Waals surface area contributed by atoms with Crippen molar-refractivity contribution in [3.8, 4) is 5.69 Å². The summed E-state index contributed by atoms with van der Waals surface area (Å²) in [4.78, 5) is 33.0. The summed E-state index contributed by atoms with van der Waals surface area (Å²) in [6.07, 6.45) is 2.12. The van der Waals surface area contributed by atoms with Crippen LogP contribution in [0.4, 0.5) is 0 Å². The van der Waals surface area contributed by atoms with Crippen LogP contribution in [0.2, 0.25) is 0 Å². The molecule has 6 heteroatoms. The summed E-state index contributed by atoms with van der Waals surface area (Å²) < 4.78 is 1.67. The molecule has 1 aliphatic heterocycles. The van der Waals surface area contributed by atoms with Crippen molar-refractivity contribution in [2.24, 2.45) is 0 Å². The largest absolute Gasteiger partial charge is 0.342 e. The second-order valence-corrected chi connectivity index (χ2v) is 8.94. The number of carbonyl (C=O) groups excluding carboxylic acids is 1. The first kappa shape index (κ1) is 19.7. The first-order chi connectivity index (χ1) is 14.0. The average molecular weight is 408 g/mol. The van der Waals surface area contributed by atoms with Crippen LogP contribution in [0.15, 0.2) is 52.4 Å². The summed E-state index contributed by atoms with van der Waals surface area (Å²) in [6.45, 7) is 7.54. The number of benzene rings is 2. The Balaban J connectivity index is 1.84. The van der Waals surface area contributed by atoms with Crippen LogP contribution in [-0.2, 0) is 4.79 Å². The van der Waals surface area contributed by atoms with Crippen molar-refractivity contribution in [1.29, 1.82) is 0 Å². The minimum absolute atomic E-state index is 0.104. The van der Waals surface area contributed by atoms with Gasteiger partial charge in [0.25, 0.3) is 5.56 Å². The molecule has 1 saturated heterocycles. The molecular formula is C23H25N3O2S. The maximum atomic E-state index is 13.4. The summed E-state index contributed by atoms with van der Waals surface area (Å²) in [5.74, 6) is 0.113. The van der Waals surface area contributed by atoms with Gasteiger partial charge in [0.2, 0.25) is 5.91 Å². The monoisotopic (exact) mass is 407 g/mol. The Labute approximate surface area is 174 Å². The quantitative estimate of drug-likeness (QED) is 0.483. The van der Waals surface area contributed by atoms with E-state index in [1.165, 1.54) is 11.8 Å². The molecule has 1 aliphatic rings. The van der Waals surface area contributed by atoms with E-state index in [4.69, 9.17) is 4.98 Å². The maximum Gasteiger partial charge on any atom is 0.266 e. The molecule has 0 N–H and O–H groups in total. The first-order valence-corrected chi connectivity index (χ1v) is 10.9. The molecule has 1 aromatic heterocycles.